The second-order valence-electron chi connectivity index (χ2n) is 6.15. The third kappa shape index (κ3) is 3.61. The van der Waals surface area contributed by atoms with Crippen molar-refractivity contribution in [2.45, 2.75) is 6.92 Å². The van der Waals surface area contributed by atoms with E-state index in [9.17, 15) is 9.59 Å². The van der Waals surface area contributed by atoms with Crippen LogP contribution in [0.25, 0.3) is 0 Å². The van der Waals surface area contributed by atoms with Crippen molar-refractivity contribution in [3.8, 4) is 5.75 Å². The van der Waals surface area contributed by atoms with Crippen LogP contribution in [0.2, 0.25) is 0 Å². The zero-order valence-corrected chi connectivity index (χ0v) is 14.8. The molecular weight excluding hydrogens is 334 g/mol. The number of carbonyl (C=O) groups is 2. The predicted octanol–water partition coefficient (Wildman–Crippen LogP) is 2.06. The minimum absolute atomic E-state index is 0.0211. The molecule has 136 valence electrons. The number of benzene rings is 1. The standard InChI is InChI=1S/C19H21N3O4/c1-13-6-7-14(12-16(13)26-2)18(23)22-10-8-21(9-11-22)17-5-3-4-15(20-17)19(24)25/h3-7,12H,8-11H2,1-2H3,(H,24,25). The SMILES string of the molecule is COc1cc(C(=O)N2CCN(c3cccc(C(=O)O)n3)CC2)ccc1C. The van der Waals surface area contributed by atoms with Crippen LogP contribution in [-0.4, -0.2) is 60.2 Å². The van der Waals surface area contributed by atoms with E-state index in [1.807, 2.05) is 24.0 Å². The first kappa shape index (κ1) is 17.7. The number of aromatic carboxylic acids is 1. The quantitative estimate of drug-likeness (QED) is 0.904. The lowest BCUT2D eigenvalue weighted by Crippen LogP contribution is -2.49. The Labute approximate surface area is 151 Å². The lowest BCUT2D eigenvalue weighted by atomic mass is 10.1. The van der Waals surface area contributed by atoms with E-state index in [1.165, 1.54) is 6.07 Å². The molecule has 1 amide bonds. The molecule has 1 aliphatic heterocycles. The Balaban J connectivity index is 1.67. The summed E-state index contributed by atoms with van der Waals surface area (Å²) >= 11 is 0. The lowest BCUT2D eigenvalue weighted by Gasteiger charge is -2.35. The molecule has 7 heteroatoms. The van der Waals surface area contributed by atoms with Gasteiger partial charge in [-0.3, -0.25) is 4.79 Å². The summed E-state index contributed by atoms with van der Waals surface area (Å²) in [6.07, 6.45) is 0. The van der Waals surface area contributed by atoms with Gasteiger partial charge in [0.2, 0.25) is 0 Å². The fourth-order valence-electron chi connectivity index (χ4n) is 2.99. The van der Waals surface area contributed by atoms with Gasteiger partial charge in [-0.1, -0.05) is 12.1 Å². The number of nitrogens with zero attached hydrogens (tertiary/aromatic N) is 3. The van der Waals surface area contributed by atoms with Gasteiger partial charge in [-0.15, -0.1) is 0 Å². The van der Waals surface area contributed by atoms with Crippen molar-refractivity contribution >= 4 is 17.7 Å². The molecule has 0 radical (unpaired) electrons. The molecular formula is C19H21N3O4. The van der Waals surface area contributed by atoms with Crippen LogP contribution in [-0.2, 0) is 0 Å². The van der Waals surface area contributed by atoms with Crippen molar-refractivity contribution in [1.29, 1.82) is 0 Å². The summed E-state index contributed by atoms with van der Waals surface area (Å²) in [7, 11) is 1.59. The molecule has 7 nitrogen and oxygen atoms in total. The van der Waals surface area contributed by atoms with Gasteiger partial charge in [0.25, 0.3) is 5.91 Å². The molecule has 1 aromatic heterocycles. The fourth-order valence-corrected chi connectivity index (χ4v) is 2.99. The second kappa shape index (κ2) is 7.43. The van der Waals surface area contributed by atoms with Gasteiger partial charge in [0, 0.05) is 31.7 Å². The molecule has 0 bridgehead atoms. The maximum Gasteiger partial charge on any atom is 0.354 e. The number of hydrogen-bond acceptors (Lipinski definition) is 5. The second-order valence-corrected chi connectivity index (χ2v) is 6.15. The molecule has 2 aromatic rings. The van der Waals surface area contributed by atoms with Gasteiger partial charge >= 0.3 is 5.97 Å². The van der Waals surface area contributed by atoms with Crippen molar-refractivity contribution in [3.05, 3.63) is 53.2 Å². The van der Waals surface area contributed by atoms with Gasteiger partial charge in [0.1, 0.15) is 11.6 Å². The average molecular weight is 355 g/mol. The molecule has 0 saturated carbocycles. The van der Waals surface area contributed by atoms with Gasteiger partial charge in [0.15, 0.2) is 5.69 Å². The van der Waals surface area contributed by atoms with Crippen LogP contribution in [0.15, 0.2) is 36.4 Å². The molecule has 26 heavy (non-hydrogen) atoms. The van der Waals surface area contributed by atoms with Crippen molar-refractivity contribution in [1.82, 2.24) is 9.88 Å². The Kier molecular flexibility index (Phi) is 5.06. The number of aromatic nitrogens is 1. The minimum atomic E-state index is -1.05. The number of rotatable bonds is 4. The minimum Gasteiger partial charge on any atom is -0.496 e. The maximum absolute atomic E-state index is 12.7. The first-order valence-corrected chi connectivity index (χ1v) is 8.39. The highest BCUT2D eigenvalue weighted by Crippen LogP contribution is 2.21. The normalized spacial score (nSPS) is 14.2. The van der Waals surface area contributed by atoms with E-state index in [0.29, 0.717) is 43.3 Å². The molecule has 0 spiro atoms. The Hall–Kier alpha value is -3.09. The van der Waals surface area contributed by atoms with Gasteiger partial charge in [-0.05, 0) is 36.8 Å². The molecule has 1 saturated heterocycles. The molecule has 3 rings (SSSR count). The summed E-state index contributed by atoms with van der Waals surface area (Å²) in [6.45, 7) is 4.24. The summed E-state index contributed by atoms with van der Waals surface area (Å²) in [6, 6.07) is 10.4. The number of carboxylic acid groups (broad SMARTS) is 1. The number of carbonyl (C=O) groups excluding carboxylic acids is 1. The van der Waals surface area contributed by atoms with Gasteiger partial charge in [0.05, 0.1) is 7.11 Å². The number of pyridine rings is 1. The van der Waals surface area contributed by atoms with E-state index in [4.69, 9.17) is 9.84 Å². The van der Waals surface area contributed by atoms with E-state index < -0.39 is 5.97 Å². The molecule has 1 N–H and O–H groups in total. The lowest BCUT2D eigenvalue weighted by molar-refractivity contribution is 0.0690. The van der Waals surface area contributed by atoms with Gasteiger partial charge in [-0.2, -0.15) is 0 Å². The van der Waals surface area contributed by atoms with E-state index >= 15 is 0 Å². The first-order valence-electron chi connectivity index (χ1n) is 8.39. The average Bonchev–Trinajstić information content (AvgIpc) is 2.68. The number of aryl methyl sites for hydroxylation is 1. The highest BCUT2D eigenvalue weighted by molar-refractivity contribution is 5.95. The zero-order valence-electron chi connectivity index (χ0n) is 14.8. The van der Waals surface area contributed by atoms with Crippen molar-refractivity contribution in [3.63, 3.8) is 0 Å². The molecule has 0 unspecified atom stereocenters. The molecule has 1 aliphatic rings. The number of anilines is 1. The fraction of sp³-hybridized carbons (Fsp3) is 0.316. The molecule has 0 aliphatic carbocycles. The smallest absolute Gasteiger partial charge is 0.354 e. The predicted molar refractivity (Wildman–Crippen MR) is 97.0 cm³/mol. The van der Waals surface area contributed by atoms with E-state index in [1.54, 1.807) is 30.2 Å². The van der Waals surface area contributed by atoms with E-state index in [0.717, 1.165) is 5.56 Å². The van der Waals surface area contributed by atoms with Crippen molar-refractivity contribution in [2.24, 2.45) is 0 Å². The maximum atomic E-state index is 12.7. The van der Waals surface area contributed by atoms with E-state index in [-0.39, 0.29) is 11.6 Å². The van der Waals surface area contributed by atoms with Crippen molar-refractivity contribution in [2.75, 3.05) is 38.2 Å². The van der Waals surface area contributed by atoms with E-state index in [2.05, 4.69) is 4.98 Å². The number of piperazine rings is 1. The van der Waals surface area contributed by atoms with Crippen LogP contribution in [0.3, 0.4) is 0 Å². The molecule has 2 heterocycles. The Morgan fingerprint density at radius 3 is 2.50 bits per heavy atom. The van der Waals surface area contributed by atoms with Crippen LogP contribution in [0.4, 0.5) is 5.82 Å². The van der Waals surface area contributed by atoms with Crippen LogP contribution in [0.1, 0.15) is 26.4 Å². The number of hydrogen-bond donors (Lipinski definition) is 1. The van der Waals surface area contributed by atoms with Crippen molar-refractivity contribution < 1.29 is 19.4 Å². The first-order chi connectivity index (χ1) is 12.5. The Morgan fingerprint density at radius 2 is 1.85 bits per heavy atom. The molecule has 1 aromatic carbocycles. The summed E-state index contributed by atoms with van der Waals surface area (Å²) in [5.74, 6) is 0.238. The van der Waals surface area contributed by atoms with Crippen LogP contribution in [0, 0.1) is 6.92 Å². The highest BCUT2D eigenvalue weighted by atomic mass is 16.5. The van der Waals surface area contributed by atoms with Gasteiger partial charge in [-0.25, -0.2) is 9.78 Å². The third-order valence-electron chi connectivity index (χ3n) is 4.50. The topological polar surface area (TPSA) is 83.0 Å². The number of methoxy groups -OCH3 is 1. The van der Waals surface area contributed by atoms with Gasteiger partial charge < -0.3 is 19.6 Å². The largest absolute Gasteiger partial charge is 0.496 e. The van der Waals surface area contributed by atoms with Crippen LogP contribution >= 0.6 is 0 Å². The van der Waals surface area contributed by atoms with Crippen LogP contribution < -0.4 is 9.64 Å². The number of amides is 1. The monoisotopic (exact) mass is 355 g/mol. The number of ether oxygens (including phenoxy) is 1. The Bertz CT molecular complexity index is 829. The number of carboxylic acids is 1. The molecule has 0 atom stereocenters. The molecule has 1 fully saturated rings. The summed E-state index contributed by atoms with van der Waals surface area (Å²) in [5.41, 5.74) is 1.61. The summed E-state index contributed by atoms with van der Waals surface area (Å²) in [5, 5.41) is 9.07. The zero-order chi connectivity index (χ0) is 18.7. The summed E-state index contributed by atoms with van der Waals surface area (Å²) < 4.78 is 5.29. The third-order valence-corrected chi connectivity index (χ3v) is 4.50. The highest BCUT2D eigenvalue weighted by Gasteiger charge is 2.23. The van der Waals surface area contributed by atoms with Crippen LogP contribution in [0.5, 0.6) is 5.75 Å². The Morgan fingerprint density at radius 1 is 1.12 bits per heavy atom. The summed E-state index contributed by atoms with van der Waals surface area (Å²) in [4.78, 5) is 31.7.